The van der Waals surface area contributed by atoms with Crippen LogP contribution in [0.1, 0.15) is 39.2 Å². The van der Waals surface area contributed by atoms with Crippen molar-refractivity contribution >= 4 is 19.7 Å². The molecule has 1 aromatic rings. The molecular weight excluding hydrogens is 426 g/mol. The van der Waals surface area contributed by atoms with Crippen LogP contribution in [0.15, 0.2) is 29.2 Å². The van der Waals surface area contributed by atoms with Crippen LogP contribution in [0.4, 0.5) is 0 Å². The van der Waals surface area contributed by atoms with E-state index in [1.165, 1.54) is 0 Å². The molecule has 9 heteroatoms. The number of likely N-dealkylation sites (tertiary alicyclic amines) is 1. The molecule has 0 aliphatic carbocycles. The Labute approximate surface area is 179 Å². The van der Waals surface area contributed by atoms with Crippen LogP contribution in [0, 0.1) is 0 Å². The van der Waals surface area contributed by atoms with E-state index in [0.29, 0.717) is 39.1 Å². The molecule has 168 valence electrons. The molecule has 0 N–H and O–H groups in total. The average Bonchev–Trinajstić information content (AvgIpc) is 3.26. The topological polar surface area (TPSA) is 90.0 Å². The molecule has 0 saturated carbocycles. The number of hydrogen-bond donors (Lipinski definition) is 0. The standard InChI is InChI=1S/C21H31NO6S2/c1-20(2,3)16-4-6-17(7-5-16)30(25,26)19-15-29(23,24)14-18(19)22-10-8-21(9-11-22)27-12-13-28-21/h4-7,18-19H,8-15H2,1-3H3/t18-,19-/m0/s1. The zero-order valence-electron chi connectivity index (χ0n) is 17.8. The van der Waals surface area contributed by atoms with Gasteiger partial charge >= 0.3 is 0 Å². The van der Waals surface area contributed by atoms with E-state index in [0.717, 1.165) is 5.56 Å². The summed E-state index contributed by atoms with van der Waals surface area (Å²) in [5.41, 5.74) is 0.949. The fourth-order valence-electron chi connectivity index (χ4n) is 4.74. The van der Waals surface area contributed by atoms with Crippen molar-refractivity contribution in [2.45, 2.75) is 61.0 Å². The fraction of sp³-hybridized carbons (Fsp3) is 0.714. The fourth-order valence-corrected chi connectivity index (χ4v) is 9.56. The molecule has 0 aromatic heterocycles. The summed E-state index contributed by atoms with van der Waals surface area (Å²) >= 11 is 0. The van der Waals surface area contributed by atoms with Gasteiger partial charge in [-0.05, 0) is 23.1 Å². The number of sulfone groups is 2. The molecule has 0 bridgehead atoms. The molecule has 3 heterocycles. The predicted molar refractivity (Wildman–Crippen MR) is 114 cm³/mol. The highest BCUT2D eigenvalue weighted by Crippen LogP contribution is 2.36. The Morgan fingerprint density at radius 3 is 2.10 bits per heavy atom. The van der Waals surface area contributed by atoms with Crippen molar-refractivity contribution < 1.29 is 26.3 Å². The van der Waals surface area contributed by atoms with E-state index in [9.17, 15) is 16.8 Å². The van der Waals surface area contributed by atoms with Crippen molar-refractivity contribution in [2.24, 2.45) is 0 Å². The van der Waals surface area contributed by atoms with Gasteiger partial charge in [0, 0.05) is 32.0 Å². The van der Waals surface area contributed by atoms with Crippen LogP contribution in [0.25, 0.3) is 0 Å². The lowest BCUT2D eigenvalue weighted by Crippen LogP contribution is -2.53. The number of benzene rings is 1. The predicted octanol–water partition coefficient (Wildman–Crippen LogP) is 1.76. The van der Waals surface area contributed by atoms with Crippen molar-refractivity contribution in [3.05, 3.63) is 29.8 Å². The lowest BCUT2D eigenvalue weighted by Gasteiger charge is -2.41. The molecule has 3 saturated heterocycles. The van der Waals surface area contributed by atoms with Crippen molar-refractivity contribution in [3.8, 4) is 0 Å². The second kappa shape index (κ2) is 7.55. The third-order valence-electron chi connectivity index (χ3n) is 6.56. The summed E-state index contributed by atoms with van der Waals surface area (Å²) in [5, 5.41) is -0.956. The van der Waals surface area contributed by atoms with Gasteiger partial charge in [0.1, 0.15) is 0 Å². The van der Waals surface area contributed by atoms with E-state index in [-0.39, 0.29) is 21.8 Å². The summed E-state index contributed by atoms with van der Waals surface area (Å²) in [6, 6.07) is 6.34. The number of hydrogen-bond acceptors (Lipinski definition) is 7. The Kier molecular flexibility index (Phi) is 5.59. The highest BCUT2D eigenvalue weighted by Gasteiger charge is 2.50. The first-order chi connectivity index (χ1) is 13.9. The summed E-state index contributed by atoms with van der Waals surface area (Å²) < 4.78 is 63.3. The van der Waals surface area contributed by atoms with Gasteiger partial charge in [0.05, 0.1) is 34.9 Å². The number of piperidine rings is 1. The maximum atomic E-state index is 13.4. The number of rotatable bonds is 3. The van der Waals surface area contributed by atoms with Crippen LogP contribution in [0.2, 0.25) is 0 Å². The van der Waals surface area contributed by atoms with E-state index in [1.807, 2.05) is 17.0 Å². The molecule has 3 aliphatic rings. The smallest absolute Gasteiger partial charge is 0.183 e. The first-order valence-corrected chi connectivity index (χ1v) is 13.9. The zero-order valence-corrected chi connectivity index (χ0v) is 19.5. The molecule has 3 aliphatic heterocycles. The van der Waals surface area contributed by atoms with Crippen molar-refractivity contribution in [3.63, 3.8) is 0 Å². The van der Waals surface area contributed by atoms with Crippen molar-refractivity contribution in [2.75, 3.05) is 37.8 Å². The maximum Gasteiger partial charge on any atom is 0.183 e. The SMILES string of the molecule is CC(C)(C)c1ccc(S(=O)(=O)[C@H]2CS(=O)(=O)C[C@@H]2N2CCC3(CC2)OCCO3)cc1. The Hall–Kier alpha value is -1.00. The minimum Gasteiger partial charge on any atom is -0.347 e. The van der Waals surface area contributed by atoms with E-state index >= 15 is 0 Å². The highest BCUT2D eigenvalue weighted by atomic mass is 32.2. The minimum atomic E-state index is -3.78. The third kappa shape index (κ3) is 4.19. The molecule has 7 nitrogen and oxygen atoms in total. The van der Waals surface area contributed by atoms with Crippen LogP contribution in [0.5, 0.6) is 0 Å². The lowest BCUT2D eigenvalue weighted by atomic mass is 9.87. The van der Waals surface area contributed by atoms with Gasteiger partial charge in [-0.3, -0.25) is 4.90 Å². The Morgan fingerprint density at radius 2 is 1.57 bits per heavy atom. The normalized spacial score (nSPS) is 29.4. The maximum absolute atomic E-state index is 13.4. The molecule has 1 spiro atoms. The highest BCUT2D eigenvalue weighted by molar-refractivity contribution is 7.96. The van der Waals surface area contributed by atoms with E-state index in [4.69, 9.17) is 9.47 Å². The molecule has 0 unspecified atom stereocenters. The Balaban J connectivity index is 1.58. The van der Waals surface area contributed by atoms with E-state index in [2.05, 4.69) is 20.8 Å². The summed E-state index contributed by atoms with van der Waals surface area (Å²) in [4.78, 5) is 2.20. The molecule has 0 radical (unpaired) electrons. The van der Waals surface area contributed by atoms with Gasteiger partial charge in [-0.25, -0.2) is 16.8 Å². The first kappa shape index (κ1) is 22.2. The van der Waals surface area contributed by atoms with Gasteiger partial charge in [0.2, 0.25) is 0 Å². The third-order valence-corrected chi connectivity index (χ3v) is 10.7. The first-order valence-electron chi connectivity index (χ1n) is 10.5. The molecule has 30 heavy (non-hydrogen) atoms. The Morgan fingerprint density at radius 1 is 1.00 bits per heavy atom. The summed E-state index contributed by atoms with van der Waals surface area (Å²) in [6.07, 6.45) is 1.24. The Bertz CT molecular complexity index is 979. The molecular formula is C21H31NO6S2. The van der Waals surface area contributed by atoms with Crippen LogP contribution >= 0.6 is 0 Å². The summed E-state index contributed by atoms with van der Waals surface area (Å²) in [7, 11) is -7.21. The van der Waals surface area contributed by atoms with Gasteiger partial charge in [0.15, 0.2) is 25.5 Å². The van der Waals surface area contributed by atoms with Gasteiger partial charge < -0.3 is 9.47 Å². The van der Waals surface area contributed by atoms with Crippen LogP contribution in [-0.2, 0) is 34.6 Å². The largest absolute Gasteiger partial charge is 0.347 e. The zero-order chi connectivity index (χ0) is 21.8. The molecule has 3 fully saturated rings. The quantitative estimate of drug-likeness (QED) is 0.683. The van der Waals surface area contributed by atoms with E-state index < -0.39 is 36.8 Å². The molecule has 0 amide bonds. The van der Waals surface area contributed by atoms with Crippen LogP contribution in [-0.4, -0.2) is 76.6 Å². The monoisotopic (exact) mass is 457 g/mol. The summed E-state index contributed by atoms with van der Waals surface area (Å²) in [5.74, 6) is -1.02. The van der Waals surface area contributed by atoms with Gasteiger partial charge in [-0.2, -0.15) is 0 Å². The second-order valence-corrected chi connectivity index (χ2v) is 14.0. The summed E-state index contributed by atoms with van der Waals surface area (Å²) in [6.45, 7) is 8.47. The van der Waals surface area contributed by atoms with Crippen molar-refractivity contribution in [1.29, 1.82) is 0 Å². The lowest BCUT2D eigenvalue weighted by molar-refractivity contribution is -0.187. The van der Waals surface area contributed by atoms with Crippen LogP contribution in [0.3, 0.4) is 0 Å². The van der Waals surface area contributed by atoms with Crippen molar-refractivity contribution in [1.82, 2.24) is 4.90 Å². The minimum absolute atomic E-state index is 0.0876. The van der Waals surface area contributed by atoms with E-state index in [1.54, 1.807) is 12.1 Å². The van der Waals surface area contributed by atoms with Crippen LogP contribution < -0.4 is 0 Å². The average molecular weight is 458 g/mol. The number of nitrogens with zero attached hydrogens (tertiary/aromatic N) is 1. The molecule has 4 rings (SSSR count). The van der Waals surface area contributed by atoms with Gasteiger partial charge in [-0.15, -0.1) is 0 Å². The molecule has 1 aromatic carbocycles. The number of ether oxygens (including phenoxy) is 2. The molecule has 2 atom stereocenters. The van der Waals surface area contributed by atoms with Gasteiger partial charge in [-0.1, -0.05) is 32.9 Å². The second-order valence-electron chi connectivity index (χ2n) is 9.65. The van der Waals surface area contributed by atoms with Gasteiger partial charge in [0.25, 0.3) is 0 Å².